The molecule has 7 nitrogen and oxygen atoms in total. The van der Waals surface area contributed by atoms with E-state index in [4.69, 9.17) is 21.1 Å². The second-order valence-corrected chi connectivity index (χ2v) is 9.08. The number of hydrogen-bond acceptors (Lipinski definition) is 5. The summed E-state index contributed by atoms with van der Waals surface area (Å²) < 4.78 is 13.6. The highest BCUT2D eigenvalue weighted by Crippen LogP contribution is 2.28. The Balaban J connectivity index is 1.40. The van der Waals surface area contributed by atoms with Gasteiger partial charge in [0.2, 0.25) is 0 Å². The van der Waals surface area contributed by atoms with Gasteiger partial charge in [-0.15, -0.1) is 0 Å². The van der Waals surface area contributed by atoms with Gasteiger partial charge < -0.3 is 18.9 Å². The van der Waals surface area contributed by atoms with Crippen LogP contribution in [0.5, 0.6) is 5.75 Å². The highest BCUT2D eigenvalue weighted by molar-refractivity contribution is 9.10. The highest BCUT2D eigenvalue weighted by Gasteiger charge is 2.38. The highest BCUT2D eigenvalue weighted by atomic mass is 79.9. The van der Waals surface area contributed by atoms with Crippen LogP contribution in [-0.2, 0) is 11.3 Å². The zero-order valence-electron chi connectivity index (χ0n) is 16.5. The average molecular weight is 505 g/mol. The minimum atomic E-state index is -0.248. The molecule has 0 bridgehead atoms. The van der Waals surface area contributed by atoms with Crippen LogP contribution in [0.2, 0.25) is 5.02 Å². The molecule has 0 unspecified atom stereocenters. The summed E-state index contributed by atoms with van der Waals surface area (Å²) in [5.74, 6) is 0.546. The number of aromatic nitrogens is 2. The molecule has 5 rings (SSSR count). The summed E-state index contributed by atoms with van der Waals surface area (Å²) >= 11 is 9.49. The van der Waals surface area contributed by atoms with Gasteiger partial charge in [-0.25, -0.2) is 4.79 Å². The van der Waals surface area contributed by atoms with Crippen molar-refractivity contribution in [2.45, 2.75) is 31.5 Å². The molecule has 0 aliphatic carbocycles. The van der Waals surface area contributed by atoms with Gasteiger partial charge in [0.15, 0.2) is 0 Å². The molecule has 3 aromatic rings. The molecule has 1 aromatic carbocycles. The molecule has 0 spiro atoms. The molecule has 2 atom stereocenters. The maximum atomic E-state index is 13.1. The zero-order valence-corrected chi connectivity index (χ0v) is 18.8. The lowest BCUT2D eigenvalue weighted by atomic mass is 10.0. The minimum absolute atomic E-state index is 0.0467. The molecule has 2 aromatic heterocycles. The quantitative estimate of drug-likeness (QED) is 0.532. The van der Waals surface area contributed by atoms with Crippen LogP contribution in [0.1, 0.15) is 18.4 Å². The number of nitrogens with zero attached hydrogens (tertiary/aromatic N) is 3. The number of pyridine rings is 2. The van der Waals surface area contributed by atoms with Crippen molar-refractivity contribution in [3.05, 3.63) is 68.1 Å². The van der Waals surface area contributed by atoms with Crippen LogP contribution in [0.4, 0.5) is 4.79 Å². The van der Waals surface area contributed by atoms with E-state index in [1.807, 2.05) is 12.1 Å². The van der Waals surface area contributed by atoms with Gasteiger partial charge in [0.25, 0.3) is 5.56 Å². The van der Waals surface area contributed by atoms with E-state index in [1.165, 1.54) is 0 Å². The second kappa shape index (κ2) is 8.16. The molecule has 2 fully saturated rings. The van der Waals surface area contributed by atoms with E-state index in [9.17, 15) is 9.59 Å². The second-order valence-electron chi connectivity index (χ2n) is 7.79. The Hall–Kier alpha value is -2.58. The van der Waals surface area contributed by atoms with E-state index in [1.54, 1.807) is 40.1 Å². The Kier molecular flexibility index (Phi) is 5.35. The van der Waals surface area contributed by atoms with Crippen LogP contribution in [0.3, 0.4) is 0 Å². The Morgan fingerprint density at radius 2 is 2.06 bits per heavy atom. The summed E-state index contributed by atoms with van der Waals surface area (Å²) in [5.41, 5.74) is 1.42. The summed E-state index contributed by atoms with van der Waals surface area (Å²) in [4.78, 5) is 31.0. The fraction of sp³-hybridized carbons (Fsp3) is 0.318. The Morgan fingerprint density at radius 3 is 2.87 bits per heavy atom. The molecular weight excluding hydrogens is 486 g/mol. The number of piperidine rings is 1. The van der Waals surface area contributed by atoms with Gasteiger partial charge in [-0.05, 0) is 39.7 Å². The van der Waals surface area contributed by atoms with E-state index in [0.717, 1.165) is 10.0 Å². The predicted octanol–water partition coefficient (Wildman–Crippen LogP) is 4.22. The van der Waals surface area contributed by atoms with Crippen molar-refractivity contribution in [2.75, 3.05) is 13.2 Å². The number of carbonyl (C=O) groups is 1. The first-order valence-corrected chi connectivity index (χ1v) is 11.2. The minimum Gasteiger partial charge on any atom is -0.489 e. The van der Waals surface area contributed by atoms with Crippen LogP contribution in [-0.4, -0.2) is 45.8 Å². The van der Waals surface area contributed by atoms with Crippen LogP contribution >= 0.6 is 27.5 Å². The predicted molar refractivity (Wildman–Crippen MR) is 120 cm³/mol. The van der Waals surface area contributed by atoms with Gasteiger partial charge in [-0.3, -0.25) is 9.78 Å². The van der Waals surface area contributed by atoms with Gasteiger partial charge in [-0.1, -0.05) is 23.7 Å². The fourth-order valence-corrected chi connectivity index (χ4v) is 4.83. The number of hydrogen-bond donors (Lipinski definition) is 0. The lowest BCUT2D eigenvalue weighted by Gasteiger charge is -2.32. The molecular formula is C22H19BrClN3O4. The number of carbonyl (C=O) groups excluding carboxylic acids is 1. The SMILES string of the molecule is O=C1OC[C@@H]2C[C@@H](Oc3cnc4c(Br)cn(Cc5ccc(Cl)cc5)c(=O)c4c3)CCN12. The van der Waals surface area contributed by atoms with Gasteiger partial charge >= 0.3 is 6.09 Å². The first-order valence-electron chi connectivity index (χ1n) is 10.0. The molecule has 160 valence electrons. The summed E-state index contributed by atoms with van der Waals surface area (Å²) in [6, 6.07) is 9.20. The monoisotopic (exact) mass is 503 g/mol. The van der Waals surface area contributed by atoms with Crippen LogP contribution in [0, 0.1) is 0 Å². The van der Waals surface area contributed by atoms with E-state index < -0.39 is 0 Å². The van der Waals surface area contributed by atoms with Crippen molar-refractivity contribution < 1.29 is 14.3 Å². The lowest BCUT2D eigenvalue weighted by molar-refractivity contribution is 0.0934. The Labute approximate surface area is 191 Å². The van der Waals surface area contributed by atoms with Crippen molar-refractivity contribution in [1.82, 2.24) is 14.5 Å². The number of fused-ring (bicyclic) bond motifs is 2. The number of cyclic esters (lactones) is 1. The van der Waals surface area contributed by atoms with Crippen LogP contribution in [0.15, 0.2) is 52.0 Å². The molecule has 31 heavy (non-hydrogen) atoms. The van der Waals surface area contributed by atoms with E-state index in [0.29, 0.717) is 54.2 Å². The number of rotatable bonds is 4. The molecule has 9 heteroatoms. The summed E-state index contributed by atoms with van der Waals surface area (Å²) in [7, 11) is 0. The van der Waals surface area contributed by atoms with Gasteiger partial charge in [0.05, 0.1) is 34.2 Å². The average Bonchev–Trinajstić information content (AvgIpc) is 3.13. The third-order valence-electron chi connectivity index (χ3n) is 5.72. The fourth-order valence-electron chi connectivity index (χ4n) is 4.14. The van der Waals surface area contributed by atoms with Gasteiger partial charge in [0.1, 0.15) is 18.5 Å². The normalized spacial score (nSPS) is 20.6. The molecule has 4 heterocycles. The summed E-state index contributed by atoms with van der Waals surface area (Å²) in [5, 5.41) is 1.14. The van der Waals surface area contributed by atoms with Crippen molar-refractivity contribution in [3.8, 4) is 5.75 Å². The maximum absolute atomic E-state index is 13.1. The number of halogens is 2. The topological polar surface area (TPSA) is 73.7 Å². The Bertz CT molecular complexity index is 1210. The van der Waals surface area contributed by atoms with E-state index in [2.05, 4.69) is 20.9 Å². The number of amides is 1. The molecule has 0 radical (unpaired) electrons. The van der Waals surface area contributed by atoms with Crippen molar-refractivity contribution in [3.63, 3.8) is 0 Å². The van der Waals surface area contributed by atoms with Gasteiger partial charge in [-0.2, -0.15) is 0 Å². The first kappa shape index (κ1) is 20.3. The van der Waals surface area contributed by atoms with Crippen LogP contribution < -0.4 is 10.3 Å². The summed E-state index contributed by atoms with van der Waals surface area (Å²) in [6.07, 6.45) is 4.49. The van der Waals surface area contributed by atoms with Gasteiger partial charge in [0, 0.05) is 30.6 Å². The van der Waals surface area contributed by atoms with Crippen molar-refractivity contribution >= 4 is 44.5 Å². The molecule has 2 aliphatic rings. The largest absolute Gasteiger partial charge is 0.489 e. The van der Waals surface area contributed by atoms with Crippen molar-refractivity contribution in [2.24, 2.45) is 0 Å². The molecule has 0 N–H and O–H groups in total. The van der Waals surface area contributed by atoms with Crippen LogP contribution in [0.25, 0.3) is 10.9 Å². The maximum Gasteiger partial charge on any atom is 0.410 e. The van der Waals surface area contributed by atoms with E-state index >= 15 is 0 Å². The third kappa shape index (κ3) is 4.02. The number of benzene rings is 1. The standard InChI is InChI=1S/C22H19BrClN3O4/c23-19-11-26(10-13-1-3-14(24)4-2-13)21(28)18-8-17(9-25-20(18)19)31-16-5-6-27-15(7-16)12-30-22(27)29/h1-4,8-9,11,15-16H,5-7,10,12H2/t15-,16-/m0/s1. The molecule has 0 saturated carbocycles. The molecule has 2 aliphatic heterocycles. The van der Waals surface area contributed by atoms with E-state index in [-0.39, 0.29) is 23.8 Å². The first-order chi connectivity index (χ1) is 15.0. The molecule has 1 amide bonds. The number of ether oxygens (including phenoxy) is 2. The zero-order chi connectivity index (χ0) is 21.5. The summed E-state index contributed by atoms with van der Waals surface area (Å²) in [6.45, 7) is 1.43. The smallest absolute Gasteiger partial charge is 0.410 e. The third-order valence-corrected chi connectivity index (χ3v) is 6.55. The Morgan fingerprint density at radius 1 is 1.26 bits per heavy atom. The lowest BCUT2D eigenvalue weighted by Crippen LogP contribution is -2.44. The van der Waals surface area contributed by atoms with Crippen molar-refractivity contribution in [1.29, 1.82) is 0 Å². The molecule has 2 saturated heterocycles.